The van der Waals surface area contributed by atoms with E-state index in [4.69, 9.17) is 11.6 Å². The van der Waals surface area contributed by atoms with Crippen LogP contribution in [0.5, 0.6) is 0 Å². The molecule has 1 N–H and O–H groups in total. The molecule has 0 amide bonds. The fourth-order valence-electron chi connectivity index (χ4n) is 1.56. The zero-order valence-electron chi connectivity index (χ0n) is 9.62. The maximum Gasteiger partial charge on any atom is 0.141 e. The maximum atomic E-state index is 12.8. The molecule has 1 aromatic heterocycles. The first-order chi connectivity index (χ1) is 8.56. The van der Waals surface area contributed by atoms with Gasteiger partial charge in [-0.25, -0.2) is 4.39 Å². The molecule has 0 bridgehead atoms. The molecule has 0 radical (unpaired) electrons. The highest BCUT2D eigenvalue weighted by molar-refractivity contribution is 9.10. The SMILES string of the molecule is CC(Nc1cc(Br)ccc1Cl)c1ccc(F)cn1. The number of halogens is 3. The van der Waals surface area contributed by atoms with Crippen LogP contribution in [-0.4, -0.2) is 4.98 Å². The van der Waals surface area contributed by atoms with Crippen molar-refractivity contribution < 1.29 is 4.39 Å². The van der Waals surface area contributed by atoms with Crippen LogP contribution in [-0.2, 0) is 0 Å². The number of aromatic nitrogens is 1. The highest BCUT2D eigenvalue weighted by Crippen LogP contribution is 2.28. The number of hydrogen-bond acceptors (Lipinski definition) is 2. The lowest BCUT2D eigenvalue weighted by Crippen LogP contribution is -2.08. The van der Waals surface area contributed by atoms with Gasteiger partial charge in [0.25, 0.3) is 0 Å². The molecule has 2 nitrogen and oxygen atoms in total. The van der Waals surface area contributed by atoms with E-state index in [1.807, 2.05) is 19.1 Å². The average Bonchev–Trinajstić information content (AvgIpc) is 2.34. The maximum absolute atomic E-state index is 12.8. The number of anilines is 1. The van der Waals surface area contributed by atoms with Crippen LogP contribution in [0.15, 0.2) is 41.0 Å². The highest BCUT2D eigenvalue weighted by atomic mass is 79.9. The van der Waals surface area contributed by atoms with Crippen molar-refractivity contribution in [3.8, 4) is 0 Å². The Morgan fingerprint density at radius 2 is 2.11 bits per heavy atom. The minimum atomic E-state index is -0.341. The molecule has 5 heteroatoms. The van der Waals surface area contributed by atoms with Crippen LogP contribution in [0.4, 0.5) is 10.1 Å². The monoisotopic (exact) mass is 328 g/mol. The lowest BCUT2D eigenvalue weighted by Gasteiger charge is -2.16. The van der Waals surface area contributed by atoms with Crippen molar-refractivity contribution in [3.63, 3.8) is 0 Å². The molecule has 0 saturated carbocycles. The Morgan fingerprint density at radius 1 is 1.33 bits per heavy atom. The van der Waals surface area contributed by atoms with Crippen LogP contribution in [0.25, 0.3) is 0 Å². The van der Waals surface area contributed by atoms with Gasteiger partial charge in [-0.05, 0) is 37.3 Å². The van der Waals surface area contributed by atoms with Gasteiger partial charge in [-0.15, -0.1) is 0 Å². The number of benzene rings is 1. The summed E-state index contributed by atoms with van der Waals surface area (Å²) in [7, 11) is 0. The Morgan fingerprint density at radius 3 is 2.78 bits per heavy atom. The van der Waals surface area contributed by atoms with Crippen molar-refractivity contribution in [1.29, 1.82) is 0 Å². The zero-order chi connectivity index (χ0) is 13.1. The number of pyridine rings is 1. The number of nitrogens with zero attached hydrogens (tertiary/aromatic N) is 1. The van der Waals surface area contributed by atoms with Gasteiger partial charge in [-0.2, -0.15) is 0 Å². The Hall–Kier alpha value is -1.13. The van der Waals surface area contributed by atoms with Crippen LogP contribution in [0, 0.1) is 5.82 Å². The lowest BCUT2D eigenvalue weighted by molar-refractivity contribution is 0.617. The molecule has 0 aliphatic rings. The van der Waals surface area contributed by atoms with Gasteiger partial charge in [0.05, 0.1) is 28.6 Å². The molecule has 0 saturated heterocycles. The lowest BCUT2D eigenvalue weighted by atomic mass is 10.2. The summed E-state index contributed by atoms with van der Waals surface area (Å²) < 4.78 is 13.7. The van der Waals surface area contributed by atoms with E-state index in [0.29, 0.717) is 5.02 Å². The van der Waals surface area contributed by atoms with Crippen molar-refractivity contribution in [2.24, 2.45) is 0 Å². The van der Waals surface area contributed by atoms with Crippen LogP contribution >= 0.6 is 27.5 Å². The first-order valence-corrected chi connectivity index (χ1v) is 6.56. The van der Waals surface area contributed by atoms with Crippen LogP contribution in [0.2, 0.25) is 5.02 Å². The van der Waals surface area contributed by atoms with Gasteiger partial charge < -0.3 is 5.32 Å². The standard InChI is InChI=1S/C13H11BrClFN2/c1-8(12-5-3-10(16)7-17-12)18-13-6-9(14)2-4-11(13)15/h2-8,18H,1H3. The van der Waals surface area contributed by atoms with Gasteiger partial charge in [-0.3, -0.25) is 4.98 Å². The summed E-state index contributed by atoms with van der Waals surface area (Å²) >= 11 is 9.48. The van der Waals surface area contributed by atoms with E-state index < -0.39 is 0 Å². The minimum Gasteiger partial charge on any atom is -0.376 e. The van der Waals surface area contributed by atoms with Gasteiger partial charge in [0.15, 0.2) is 0 Å². The molecule has 2 rings (SSSR count). The van der Waals surface area contributed by atoms with Crippen molar-refractivity contribution >= 4 is 33.2 Å². The molecule has 1 atom stereocenters. The molecule has 2 aromatic rings. The largest absolute Gasteiger partial charge is 0.376 e. The Balaban J connectivity index is 2.18. The fraction of sp³-hybridized carbons (Fsp3) is 0.154. The second-order valence-corrected chi connectivity index (χ2v) is 5.21. The summed E-state index contributed by atoms with van der Waals surface area (Å²) in [4.78, 5) is 4.03. The van der Waals surface area contributed by atoms with Crippen LogP contribution in [0.1, 0.15) is 18.7 Å². The molecule has 0 aliphatic heterocycles. The third-order valence-electron chi connectivity index (χ3n) is 2.49. The first kappa shape index (κ1) is 13.3. The summed E-state index contributed by atoms with van der Waals surface area (Å²) in [6, 6.07) is 8.55. The number of nitrogens with one attached hydrogen (secondary N) is 1. The minimum absolute atomic E-state index is 0.0580. The molecular weight excluding hydrogens is 319 g/mol. The molecule has 1 unspecified atom stereocenters. The number of hydrogen-bond donors (Lipinski definition) is 1. The van der Waals surface area contributed by atoms with E-state index in [1.54, 1.807) is 12.1 Å². The molecule has 1 heterocycles. The summed E-state index contributed by atoms with van der Waals surface area (Å²) in [5, 5.41) is 3.87. The van der Waals surface area contributed by atoms with E-state index in [2.05, 4.69) is 26.2 Å². The number of rotatable bonds is 3. The quantitative estimate of drug-likeness (QED) is 0.874. The second-order valence-electron chi connectivity index (χ2n) is 3.89. The van der Waals surface area contributed by atoms with Crippen molar-refractivity contribution in [3.05, 3.63) is 57.5 Å². The normalized spacial score (nSPS) is 12.2. The summed E-state index contributed by atoms with van der Waals surface area (Å²) in [5.41, 5.74) is 1.57. The van der Waals surface area contributed by atoms with Crippen LogP contribution < -0.4 is 5.32 Å². The first-order valence-electron chi connectivity index (χ1n) is 5.39. The topological polar surface area (TPSA) is 24.9 Å². The third kappa shape index (κ3) is 3.21. The van der Waals surface area contributed by atoms with E-state index >= 15 is 0 Å². The Kier molecular flexibility index (Phi) is 4.19. The van der Waals surface area contributed by atoms with Gasteiger partial charge in [0.2, 0.25) is 0 Å². The molecule has 0 fully saturated rings. The molecule has 0 spiro atoms. The second kappa shape index (κ2) is 5.67. The van der Waals surface area contributed by atoms with E-state index in [0.717, 1.165) is 15.9 Å². The van der Waals surface area contributed by atoms with Gasteiger partial charge in [0, 0.05) is 4.47 Å². The fourth-order valence-corrected chi connectivity index (χ4v) is 2.09. The predicted octanol–water partition coefficient (Wildman–Crippen LogP) is 4.81. The molecule has 94 valence electrons. The van der Waals surface area contributed by atoms with E-state index in [1.165, 1.54) is 12.3 Å². The predicted molar refractivity (Wildman–Crippen MR) is 75.4 cm³/mol. The summed E-state index contributed by atoms with van der Waals surface area (Å²) in [6.07, 6.45) is 1.20. The Labute approximate surface area is 118 Å². The summed E-state index contributed by atoms with van der Waals surface area (Å²) in [6.45, 7) is 1.94. The molecular formula is C13H11BrClFN2. The van der Waals surface area contributed by atoms with Crippen LogP contribution in [0.3, 0.4) is 0 Å². The Bertz CT molecular complexity index is 545. The van der Waals surface area contributed by atoms with Gasteiger partial charge in [-0.1, -0.05) is 27.5 Å². The van der Waals surface area contributed by atoms with Gasteiger partial charge in [0.1, 0.15) is 5.82 Å². The molecule has 18 heavy (non-hydrogen) atoms. The zero-order valence-corrected chi connectivity index (χ0v) is 12.0. The van der Waals surface area contributed by atoms with E-state index in [9.17, 15) is 4.39 Å². The van der Waals surface area contributed by atoms with Crippen molar-refractivity contribution in [2.45, 2.75) is 13.0 Å². The summed E-state index contributed by atoms with van der Waals surface area (Å²) in [5.74, 6) is -0.341. The smallest absolute Gasteiger partial charge is 0.141 e. The average molecular weight is 330 g/mol. The van der Waals surface area contributed by atoms with Gasteiger partial charge >= 0.3 is 0 Å². The third-order valence-corrected chi connectivity index (χ3v) is 3.32. The van der Waals surface area contributed by atoms with Crippen molar-refractivity contribution in [2.75, 3.05) is 5.32 Å². The van der Waals surface area contributed by atoms with E-state index in [-0.39, 0.29) is 11.9 Å². The highest BCUT2D eigenvalue weighted by Gasteiger charge is 2.09. The molecule has 0 aliphatic carbocycles. The van der Waals surface area contributed by atoms with Crippen molar-refractivity contribution in [1.82, 2.24) is 4.98 Å². The molecule has 1 aromatic carbocycles.